The Morgan fingerprint density at radius 1 is 0.722 bits per heavy atom. The molecule has 488 valence electrons. The number of hydrogen-bond acceptors (Lipinski definition) is 14. The number of nitrogens with one attached hydrogen (secondary N) is 4. The summed E-state index contributed by atoms with van der Waals surface area (Å²) < 4.78 is 13.0. The van der Waals surface area contributed by atoms with Crippen LogP contribution in [0, 0.1) is 61.6 Å². The van der Waals surface area contributed by atoms with Gasteiger partial charge in [-0.3, -0.25) is 28.8 Å². The van der Waals surface area contributed by atoms with Crippen LogP contribution < -0.4 is 31.9 Å². The summed E-state index contributed by atoms with van der Waals surface area (Å²) >= 11 is 0. The van der Waals surface area contributed by atoms with Gasteiger partial charge in [0.05, 0.1) is 69.8 Å². The molecule has 2 aromatic heterocycles. The number of benzene rings is 3. The molecule has 90 heavy (non-hydrogen) atoms. The Morgan fingerprint density at radius 2 is 1.37 bits per heavy atom. The van der Waals surface area contributed by atoms with E-state index < -0.39 is 56.9 Å². The quantitative estimate of drug-likeness (QED) is 0.0133. The number of pyridine rings is 1. The van der Waals surface area contributed by atoms with E-state index in [-0.39, 0.29) is 131 Å². The van der Waals surface area contributed by atoms with Crippen LogP contribution in [0.2, 0.25) is 0 Å². The Morgan fingerprint density at radius 3 is 2.06 bits per heavy atom. The molecule has 3 aromatic carbocycles. The number of carbonyl (C=O) groups excluding carboxylic acids is 6. The number of imidazole rings is 1. The second kappa shape index (κ2) is 34.0. The number of unbranched alkanes of at least 4 members (excludes halogenated alkanes) is 1. The number of nitrogens with zero attached hydrogens (tertiary/aromatic N) is 6. The number of amides is 5. The average molecular weight is 1240 g/mol. The van der Waals surface area contributed by atoms with Crippen LogP contribution in [0.4, 0.5) is 11.5 Å². The highest BCUT2D eigenvalue weighted by Crippen LogP contribution is 2.50. The Balaban J connectivity index is 0.00000705. The molecule has 0 saturated heterocycles. The minimum Gasteiger partial charge on any atom is -0.463 e. The number of esters is 1. The van der Waals surface area contributed by atoms with Crippen molar-refractivity contribution in [1.82, 2.24) is 35.8 Å². The van der Waals surface area contributed by atoms with Gasteiger partial charge in [-0.25, -0.2) is 9.97 Å². The molecule has 5 aromatic rings. The standard InChI is InChI=1S/C67H87N11O9.3CH4/c1-10-53-76-57-58(50-23-14-15-24-51(50)75-59(57)70)77(53)37-18-17-34-71-55(81)29-35-73-60(83)64(5,43-65(6,42-63(3,4)44-68)62(85)87-39-38-86-9)31-19-32-67(8,61(84)74-40-46(2)79)66(7,45-69)33-28-54(80)72-36-30-56(82)78-41-49-22-12-11-20-47(49)26-27-48-21-13-16-25-52(48)78;;;/h11-16,20-25,46,79H,10,17-19,28-43H2,1-9H3,(H2,70,75)(H,71,81)(H,72,80)(H,73,83)(H,74,84);3*1H4. The van der Waals surface area contributed by atoms with Gasteiger partial charge in [0.15, 0.2) is 5.82 Å². The third-order valence-corrected chi connectivity index (χ3v) is 16.9. The molecule has 6 rings (SSSR count). The molecule has 0 spiro atoms. The van der Waals surface area contributed by atoms with Crippen molar-refractivity contribution in [3.63, 3.8) is 0 Å². The Hall–Kier alpha value is -8.38. The minimum atomic E-state index is -1.52. The third-order valence-electron chi connectivity index (χ3n) is 16.9. The van der Waals surface area contributed by atoms with Gasteiger partial charge in [-0.1, -0.05) is 103 Å². The van der Waals surface area contributed by atoms with Crippen LogP contribution in [0.3, 0.4) is 0 Å². The SMILES string of the molecule is C.C.C.CCc1nc2c(N)nc3ccccc3c2n1CCCCNC(=O)CCNC(=O)C(C)(CCCC(C)(C(=O)NCC(C)O)C(C)(C#N)CCC(=O)NCCC(=O)N1Cc2ccccc2C#Cc2ccccc21)CC(C)(CC(C)(C)C#N)C(=O)OCCOC. The molecule has 0 fully saturated rings. The molecule has 1 aliphatic rings. The van der Waals surface area contributed by atoms with Crippen LogP contribution in [-0.4, -0.2) is 108 Å². The predicted molar refractivity (Wildman–Crippen MR) is 354 cm³/mol. The van der Waals surface area contributed by atoms with Crippen molar-refractivity contribution in [3.05, 3.63) is 95.3 Å². The number of aryl methyl sites for hydroxylation is 2. The van der Waals surface area contributed by atoms with Gasteiger partial charge in [-0.2, -0.15) is 10.5 Å². The number of nitriles is 2. The maximum absolute atomic E-state index is 14.8. The van der Waals surface area contributed by atoms with E-state index in [2.05, 4.69) is 54.8 Å². The van der Waals surface area contributed by atoms with Crippen molar-refractivity contribution in [2.45, 2.75) is 174 Å². The predicted octanol–water partition coefficient (Wildman–Crippen LogP) is 10.0. The number of aliphatic hydroxyl groups is 1. The van der Waals surface area contributed by atoms with Crippen LogP contribution in [0.5, 0.6) is 0 Å². The maximum Gasteiger partial charge on any atom is 0.311 e. The second-order valence-corrected chi connectivity index (χ2v) is 24.6. The number of carbonyl (C=O) groups is 6. The summed E-state index contributed by atoms with van der Waals surface area (Å²) in [4.78, 5) is 95.4. The molecule has 7 N–H and O–H groups in total. The van der Waals surface area contributed by atoms with Crippen molar-refractivity contribution in [2.24, 2.45) is 27.1 Å². The van der Waals surface area contributed by atoms with E-state index in [1.165, 1.54) is 14.0 Å². The number of methoxy groups -OCH3 is 1. The number of nitrogen functional groups attached to an aromatic ring is 1. The second-order valence-electron chi connectivity index (χ2n) is 24.6. The molecule has 5 atom stereocenters. The smallest absolute Gasteiger partial charge is 0.311 e. The number of nitrogens with two attached hydrogens (primary N) is 1. The van der Waals surface area contributed by atoms with Gasteiger partial charge in [0, 0.05) is 87.4 Å². The number of ether oxygens (including phenoxy) is 2. The van der Waals surface area contributed by atoms with Gasteiger partial charge in [-0.15, -0.1) is 0 Å². The van der Waals surface area contributed by atoms with E-state index >= 15 is 0 Å². The van der Waals surface area contributed by atoms with Crippen LogP contribution >= 0.6 is 0 Å². The molecule has 5 amide bonds. The lowest BCUT2D eigenvalue weighted by Gasteiger charge is -2.42. The molecule has 20 nitrogen and oxygen atoms in total. The number of aromatic nitrogens is 3. The zero-order valence-corrected chi connectivity index (χ0v) is 52.1. The summed E-state index contributed by atoms with van der Waals surface area (Å²) in [6.45, 7) is 14.8. The van der Waals surface area contributed by atoms with Gasteiger partial charge in [-0.05, 0) is 116 Å². The Bertz CT molecular complexity index is 3450. The highest BCUT2D eigenvalue weighted by atomic mass is 16.6. The van der Waals surface area contributed by atoms with Gasteiger partial charge >= 0.3 is 5.97 Å². The number of fused-ring (bicyclic) bond motifs is 5. The summed E-state index contributed by atoms with van der Waals surface area (Å²) in [5.41, 5.74) is 4.96. The first-order chi connectivity index (χ1) is 41.4. The number of aliphatic hydroxyl groups excluding tert-OH is 1. The first-order valence-electron chi connectivity index (χ1n) is 30.2. The Kier molecular flexibility index (Phi) is 28.7. The highest BCUT2D eigenvalue weighted by Gasteiger charge is 2.52. The van der Waals surface area contributed by atoms with E-state index in [4.69, 9.17) is 20.2 Å². The maximum atomic E-state index is 14.8. The Labute approximate surface area is 533 Å². The van der Waals surface area contributed by atoms with Crippen LogP contribution in [-0.2, 0) is 57.8 Å². The van der Waals surface area contributed by atoms with Crippen molar-refractivity contribution < 1.29 is 43.3 Å². The summed E-state index contributed by atoms with van der Waals surface area (Å²) in [6, 6.07) is 27.5. The first-order valence-corrected chi connectivity index (χ1v) is 30.2. The normalized spacial score (nSPS) is 14.6. The summed E-state index contributed by atoms with van der Waals surface area (Å²) in [7, 11) is 1.47. The first kappa shape index (κ1) is 75.9. The molecule has 0 bridgehead atoms. The molecule has 0 saturated carbocycles. The number of para-hydroxylation sites is 2. The van der Waals surface area contributed by atoms with Crippen molar-refractivity contribution in [2.75, 3.05) is 57.1 Å². The summed E-state index contributed by atoms with van der Waals surface area (Å²) in [6.07, 6.45) is 0.998. The van der Waals surface area contributed by atoms with Gasteiger partial charge in [0.25, 0.3) is 0 Å². The van der Waals surface area contributed by atoms with Gasteiger partial charge < -0.3 is 51.0 Å². The molecule has 3 heterocycles. The largest absolute Gasteiger partial charge is 0.463 e. The lowest BCUT2D eigenvalue weighted by atomic mass is 9.60. The van der Waals surface area contributed by atoms with Gasteiger partial charge in [0.2, 0.25) is 29.5 Å². The number of hydrogen-bond donors (Lipinski definition) is 6. The molecule has 5 unspecified atom stereocenters. The monoisotopic (exact) mass is 1240 g/mol. The molecule has 1 aliphatic heterocycles. The van der Waals surface area contributed by atoms with Crippen molar-refractivity contribution in [1.29, 1.82) is 10.5 Å². The average Bonchev–Trinajstić information content (AvgIpc) is 1.56. The fourth-order valence-corrected chi connectivity index (χ4v) is 11.9. The van der Waals surface area contributed by atoms with E-state index in [1.807, 2.05) is 79.7 Å². The molecule has 20 heteroatoms. The van der Waals surface area contributed by atoms with E-state index in [0.29, 0.717) is 48.5 Å². The third kappa shape index (κ3) is 19.1. The molecular weight excluding hydrogens is 1140 g/mol. The zero-order chi connectivity index (χ0) is 63.6. The summed E-state index contributed by atoms with van der Waals surface area (Å²) in [5.74, 6) is 5.08. The number of rotatable bonds is 32. The number of anilines is 2. The summed E-state index contributed by atoms with van der Waals surface area (Å²) in [5, 5.41) is 44.0. The van der Waals surface area contributed by atoms with Gasteiger partial charge in [0.1, 0.15) is 17.9 Å². The molecule has 0 radical (unpaired) electrons. The zero-order valence-electron chi connectivity index (χ0n) is 52.1. The lowest BCUT2D eigenvalue weighted by molar-refractivity contribution is -0.161. The van der Waals surface area contributed by atoms with Crippen LogP contribution in [0.25, 0.3) is 21.9 Å². The molecule has 0 aliphatic carbocycles. The van der Waals surface area contributed by atoms with E-state index in [0.717, 1.165) is 39.8 Å². The fraction of sp³-hybridized carbons (Fsp3) is 0.543. The van der Waals surface area contributed by atoms with Crippen molar-refractivity contribution >= 4 is 68.9 Å². The van der Waals surface area contributed by atoms with E-state index in [9.17, 15) is 44.4 Å². The van der Waals surface area contributed by atoms with Crippen LogP contribution in [0.1, 0.15) is 171 Å². The minimum absolute atomic E-state index is 0. The lowest BCUT2D eigenvalue weighted by Crippen LogP contribution is -2.51. The highest BCUT2D eigenvalue weighted by molar-refractivity contribution is 6.06. The van der Waals surface area contributed by atoms with E-state index in [1.54, 1.807) is 46.4 Å². The van der Waals surface area contributed by atoms with Crippen molar-refractivity contribution in [3.8, 4) is 24.0 Å². The topological polar surface area (TPSA) is 297 Å². The fourth-order valence-electron chi connectivity index (χ4n) is 11.9. The molecular formula is C70H99N11O9. The van der Waals surface area contributed by atoms with Crippen LogP contribution in [0.15, 0.2) is 72.8 Å².